The van der Waals surface area contributed by atoms with Crippen molar-refractivity contribution >= 4 is 19.8 Å². The molecule has 2 rings (SSSR count). The third-order valence-electron chi connectivity index (χ3n) is 5.37. The number of benzene rings is 1. The number of carboxylic acid groups (broad SMARTS) is 1. The Morgan fingerprint density at radius 3 is 2.55 bits per heavy atom. The molecule has 1 aromatic heterocycles. The summed E-state index contributed by atoms with van der Waals surface area (Å²) < 4.78 is 26.9. The molecule has 0 radical (unpaired) electrons. The monoisotopic (exact) mass is 478 g/mol. The van der Waals surface area contributed by atoms with E-state index in [-0.39, 0.29) is 24.7 Å². The van der Waals surface area contributed by atoms with Crippen LogP contribution in [0.1, 0.15) is 49.1 Å². The van der Waals surface area contributed by atoms with Gasteiger partial charge in [-0.3, -0.25) is 4.79 Å². The summed E-state index contributed by atoms with van der Waals surface area (Å²) in [5.41, 5.74) is 1.91. The Balaban J connectivity index is 2.32. The predicted octanol–water partition coefficient (Wildman–Crippen LogP) is 4.86. The van der Waals surface area contributed by atoms with Crippen LogP contribution >= 0.6 is 0 Å². The molecule has 1 heterocycles. The van der Waals surface area contributed by atoms with Crippen LogP contribution in [-0.4, -0.2) is 48.4 Å². The molecule has 1 unspecified atom stereocenters. The number of ketones is 1. The summed E-state index contributed by atoms with van der Waals surface area (Å²) in [4.78, 5) is 23.0. The van der Waals surface area contributed by atoms with Crippen LogP contribution in [0.25, 0.3) is 0 Å². The molecular formula is C24H35FN2O5Si. The van der Waals surface area contributed by atoms with Gasteiger partial charge in [0.15, 0.2) is 11.6 Å². The number of nitrogens with zero attached hydrogens (tertiary/aromatic N) is 2. The first-order chi connectivity index (χ1) is 15.5. The Morgan fingerprint density at radius 2 is 1.97 bits per heavy atom. The van der Waals surface area contributed by atoms with Gasteiger partial charge in [-0.25, -0.2) is 9.07 Å². The highest BCUT2D eigenvalue weighted by Crippen LogP contribution is 2.31. The molecule has 0 saturated carbocycles. The number of halogens is 1. The quantitative estimate of drug-likeness (QED) is 0.308. The molecule has 0 bridgehead atoms. The molecule has 2 aromatic rings. The Morgan fingerprint density at radius 1 is 1.24 bits per heavy atom. The second-order valence-electron chi connectivity index (χ2n) is 9.51. The Labute approximate surface area is 195 Å². The lowest BCUT2D eigenvalue weighted by Gasteiger charge is -2.16. The lowest BCUT2D eigenvalue weighted by Crippen LogP contribution is -2.22. The molecule has 0 amide bonds. The number of ether oxygens (including phenoxy) is 2. The van der Waals surface area contributed by atoms with E-state index in [0.29, 0.717) is 37.1 Å². The minimum atomic E-state index is -1.23. The molecule has 1 aromatic carbocycles. The molecule has 7 nitrogen and oxygen atoms in total. The standard InChI is InChI=1S/C24H35FN2O5Si/c1-17(28)7-6-8-19-14-22(26-27(19)16-32-11-12-33(3,4)5)20(15-24(29)30)18-9-10-23(31-2)21(25)13-18/h9-10,13-14,20H,6-8,11-12,15-16H2,1-5H3,(H,29,30). The Hall–Kier alpha value is -2.52. The van der Waals surface area contributed by atoms with Crippen LogP contribution in [-0.2, 0) is 27.5 Å². The van der Waals surface area contributed by atoms with E-state index in [2.05, 4.69) is 24.7 Å². The van der Waals surface area contributed by atoms with Crippen molar-refractivity contribution in [3.63, 3.8) is 0 Å². The lowest BCUT2D eigenvalue weighted by atomic mass is 9.92. The predicted molar refractivity (Wildman–Crippen MR) is 127 cm³/mol. The number of aliphatic carboxylic acids is 1. The van der Waals surface area contributed by atoms with Crippen LogP contribution in [0.2, 0.25) is 25.7 Å². The van der Waals surface area contributed by atoms with Gasteiger partial charge in [-0.1, -0.05) is 25.7 Å². The maximum Gasteiger partial charge on any atom is 0.304 e. The van der Waals surface area contributed by atoms with Crippen LogP contribution in [0.5, 0.6) is 5.75 Å². The van der Waals surface area contributed by atoms with Crippen LogP contribution < -0.4 is 4.74 Å². The van der Waals surface area contributed by atoms with Crippen molar-refractivity contribution in [2.45, 2.75) is 70.9 Å². The largest absolute Gasteiger partial charge is 0.494 e. The first kappa shape index (κ1) is 26.7. The van der Waals surface area contributed by atoms with Crippen molar-refractivity contribution in [2.75, 3.05) is 13.7 Å². The van der Waals surface area contributed by atoms with Crippen LogP contribution in [0.15, 0.2) is 24.3 Å². The summed E-state index contributed by atoms with van der Waals surface area (Å²) in [6.45, 7) is 9.26. The van der Waals surface area contributed by atoms with Crippen LogP contribution in [0.4, 0.5) is 4.39 Å². The Bertz CT molecular complexity index is 955. The zero-order chi connectivity index (χ0) is 24.6. The van der Waals surface area contributed by atoms with E-state index >= 15 is 0 Å². The van der Waals surface area contributed by atoms with Gasteiger partial charge < -0.3 is 19.4 Å². The normalized spacial score (nSPS) is 12.5. The van der Waals surface area contributed by atoms with Crippen molar-refractivity contribution in [2.24, 2.45) is 0 Å². The highest BCUT2D eigenvalue weighted by atomic mass is 28.3. The van der Waals surface area contributed by atoms with Gasteiger partial charge in [0.25, 0.3) is 0 Å². The summed E-state index contributed by atoms with van der Waals surface area (Å²) in [7, 11) is 0.145. The van der Waals surface area contributed by atoms with E-state index in [0.717, 1.165) is 11.7 Å². The number of carbonyl (C=O) groups excluding carboxylic acids is 1. The maximum absolute atomic E-state index is 14.3. The van der Waals surface area contributed by atoms with Gasteiger partial charge in [0.1, 0.15) is 12.5 Å². The fraction of sp³-hybridized carbons (Fsp3) is 0.542. The Kier molecular flexibility index (Phi) is 9.79. The molecule has 0 aliphatic heterocycles. The molecule has 1 N–H and O–H groups in total. The average Bonchev–Trinajstić information content (AvgIpc) is 3.11. The maximum atomic E-state index is 14.3. The van der Waals surface area contributed by atoms with Crippen LogP contribution in [0, 0.1) is 5.82 Å². The number of rotatable bonds is 14. The van der Waals surface area contributed by atoms with Crippen molar-refractivity contribution < 1.29 is 28.6 Å². The van der Waals surface area contributed by atoms with Gasteiger partial charge in [-0.2, -0.15) is 5.10 Å². The van der Waals surface area contributed by atoms with Gasteiger partial charge >= 0.3 is 5.97 Å². The van der Waals surface area contributed by atoms with E-state index in [9.17, 15) is 19.1 Å². The third kappa shape index (κ3) is 8.73. The van der Waals surface area contributed by atoms with Crippen molar-refractivity contribution in [1.82, 2.24) is 9.78 Å². The summed E-state index contributed by atoms with van der Waals surface area (Å²) in [6.07, 6.45) is 1.50. The van der Waals surface area contributed by atoms with Gasteiger partial charge in [0, 0.05) is 32.7 Å². The number of methoxy groups -OCH3 is 1. The number of Topliss-reactive ketones (excluding diaryl/α,β-unsaturated/α-hetero) is 1. The molecule has 33 heavy (non-hydrogen) atoms. The number of hydrogen-bond donors (Lipinski definition) is 1. The SMILES string of the molecule is COc1ccc(C(CC(=O)O)c2cc(CCCC(C)=O)n(COCC[Si](C)(C)C)n2)cc1F. The molecule has 0 saturated heterocycles. The minimum absolute atomic E-state index is 0.0964. The first-order valence-corrected chi connectivity index (χ1v) is 14.9. The van der Waals surface area contributed by atoms with Crippen LogP contribution in [0.3, 0.4) is 0 Å². The molecule has 182 valence electrons. The fourth-order valence-corrected chi connectivity index (χ4v) is 4.23. The molecule has 0 spiro atoms. The van der Waals surface area contributed by atoms with E-state index in [1.807, 2.05) is 6.07 Å². The topological polar surface area (TPSA) is 90.7 Å². The molecular weight excluding hydrogens is 443 g/mol. The highest BCUT2D eigenvalue weighted by Gasteiger charge is 2.24. The highest BCUT2D eigenvalue weighted by molar-refractivity contribution is 6.76. The van der Waals surface area contributed by atoms with E-state index in [1.165, 1.54) is 19.2 Å². The van der Waals surface area contributed by atoms with Gasteiger partial charge in [-0.15, -0.1) is 0 Å². The fourth-order valence-electron chi connectivity index (χ4n) is 3.48. The second kappa shape index (κ2) is 12.1. The summed E-state index contributed by atoms with van der Waals surface area (Å²) >= 11 is 0. The van der Waals surface area contributed by atoms with E-state index in [4.69, 9.17) is 9.47 Å². The van der Waals surface area contributed by atoms with Crippen molar-refractivity contribution in [3.05, 3.63) is 47.0 Å². The summed E-state index contributed by atoms with van der Waals surface area (Å²) in [5, 5.41) is 14.1. The smallest absolute Gasteiger partial charge is 0.304 e. The number of hydrogen-bond acceptors (Lipinski definition) is 5. The molecule has 0 aliphatic carbocycles. The number of carboxylic acids is 1. The summed E-state index contributed by atoms with van der Waals surface area (Å²) in [6, 6.07) is 7.31. The second-order valence-corrected chi connectivity index (χ2v) is 15.1. The molecule has 0 aliphatic rings. The van der Waals surface area contributed by atoms with E-state index in [1.54, 1.807) is 17.7 Å². The number of aromatic nitrogens is 2. The zero-order valence-electron chi connectivity index (χ0n) is 20.2. The van der Waals surface area contributed by atoms with Gasteiger partial charge in [-0.05, 0) is 49.6 Å². The third-order valence-corrected chi connectivity index (χ3v) is 7.07. The number of carbonyl (C=O) groups is 2. The van der Waals surface area contributed by atoms with E-state index < -0.39 is 25.8 Å². The first-order valence-electron chi connectivity index (χ1n) is 11.2. The summed E-state index contributed by atoms with van der Waals surface area (Å²) in [5.74, 6) is -1.97. The minimum Gasteiger partial charge on any atom is -0.494 e. The molecule has 1 atom stereocenters. The van der Waals surface area contributed by atoms with Crippen molar-refractivity contribution in [1.29, 1.82) is 0 Å². The molecule has 9 heteroatoms. The van der Waals surface area contributed by atoms with Gasteiger partial charge in [0.05, 0.1) is 19.2 Å². The molecule has 0 fully saturated rings. The number of aryl methyl sites for hydroxylation is 1. The average molecular weight is 479 g/mol. The van der Waals surface area contributed by atoms with Crippen molar-refractivity contribution in [3.8, 4) is 5.75 Å². The van der Waals surface area contributed by atoms with Gasteiger partial charge in [0.2, 0.25) is 0 Å². The zero-order valence-corrected chi connectivity index (χ0v) is 21.2. The lowest BCUT2D eigenvalue weighted by molar-refractivity contribution is -0.137.